The Kier molecular flexibility index (Phi) is 21.4. The first-order valence-corrected chi connectivity index (χ1v) is 24.5. The summed E-state index contributed by atoms with van der Waals surface area (Å²) in [7, 11) is 0. The van der Waals surface area contributed by atoms with E-state index in [0.29, 0.717) is 50.1 Å². The molecule has 0 aromatic carbocycles. The van der Waals surface area contributed by atoms with Gasteiger partial charge in [-0.25, -0.2) is 4.79 Å². The Labute approximate surface area is 378 Å². The number of fused-ring (bicyclic) bond motifs is 5. The minimum Gasteiger partial charge on any atom is -0.446 e. The van der Waals surface area contributed by atoms with Crippen LogP contribution in [0, 0.1) is 57.7 Å². The molecule has 4 aliphatic carbocycles. The molecule has 0 bridgehead atoms. The smallest absolute Gasteiger partial charge is 0.407 e. The van der Waals surface area contributed by atoms with Crippen molar-refractivity contribution in [2.24, 2.45) is 68.7 Å². The van der Waals surface area contributed by atoms with Crippen LogP contribution >= 0.6 is 0 Å². The van der Waals surface area contributed by atoms with Gasteiger partial charge in [0.05, 0.1) is 25.7 Å². The molecule has 0 radical (unpaired) electrons. The summed E-state index contributed by atoms with van der Waals surface area (Å²) < 4.78 is 17.1. The van der Waals surface area contributed by atoms with Gasteiger partial charge in [-0.1, -0.05) is 65.5 Å². The number of Topliss-reactive ketones (excluding diaryl/α,β-unsaturated/α-hetero) is 1. The number of hydrogen-bond acceptors (Lipinski definition) is 9. The highest BCUT2D eigenvalue weighted by atomic mass is 16.6. The molecular formula is C49H85N7O7. The SMILES string of the molecule is CC(=N)CCCCNC(=O)CC(CC(=O)COCCOCCNC(=O)OC1CCC2(C)C(=CCC3C2CCC2(C)C(C(C)CCCC(C)C)CCC32)C1)C(=O)NCCCN=C(N)N. The predicted octanol–water partition coefficient (Wildman–Crippen LogP) is 7.23. The Bertz CT molecular complexity index is 1570. The van der Waals surface area contributed by atoms with Gasteiger partial charge in [0.25, 0.3) is 0 Å². The fourth-order valence-corrected chi connectivity index (χ4v) is 11.9. The average Bonchev–Trinajstić information content (AvgIpc) is 3.58. The van der Waals surface area contributed by atoms with Gasteiger partial charge in [0, 0.05) is 51.2 Å². The summed E-state index contributed by atoms with van der Waals surface area (Å²) in [5.41, 5.74) is 13.5. The van der Waals surface area contributed by atoms with Crippen molar-refractivity contribution in [1.29, 1.82) is 5.41 Å². The van der Waals surface area contributed by atoms with Gasteiger partial charge in [0.2, 0.25) is 11.8 Å². The van der Waals surface area contributed by atoms with Crippen molar-refractivity contribution in [2.75, 3.05) is 52.6 Å². The Balaban J connectivity index is 1.11. The first-order valence-electron chi connectivity index (χ1n) is 24.5. The average molecular weight is 884 g/mol. The second-order valence-corrected chi connectivity index (χ2v) is 20.3. The minimum atomic E-state index is -0.855. The van der Waals surface area contributed by atoms with Gasteiger partial charge in [-0.15, -0.1) is 0 Å². The van der Waals surface area contributed by atoms with E-state index in [-0.39, 0.29) is 68.4 Å². The summed E-state index contributed by atoms with van der Waals surface area (Å²) in [4.78, 5) is 55.1. The maximum atomic E-state index is 13.0. The van der Waals surface area contributed by atoms with E-state index in [9.17, 15) is 19.2 Å². The second-order valence-electron chi connectivity index (χ2n) is 20.3. The summed E-state index contributed by atoms with van der Waals surface area (Å²) >= 11 is 0. The number of carbonyl (C=O) groups excluding carboxylic acids is 4. The molecule has 3 amide bonds. The highest BCUT2D eigenvalue weighted by Gasteiger charge is 2.59. The van der Waals surface area contributed by atoms with E-state index in [1.54, 1.807) is 6.92 Å². The number of ether oxygens (including phenoxy) is 3. The number of ketones is 1. The lowest BCUT2D eigenvalue weighted by molar-refractivity contribution is -0.134. The molecule has 0 aromatic rings. The second kappa shape index (κ2) is 25.8. The lowest BCUT2D eigenvalue weighted by Gasteiger charge is -2.58. The molecule has 8 N–H and O–H groups in total. The van der Waals surface area contributed by atoms with Crippen LogP contribution < -0.4 is 27.4 Å². The zero-order valence-electron chi connectivity index (χ0n) is 39.8. The summed E-state index contributed by atoms with van der Waals surface area (Å²) in [5, 5.41) is 15.9. The fraction of sp³-hybridized carbons (Fsp3) is 0.837. The van der Waals surface area contributed by atoms with E-state index in [4.69, 9.17) is 31.1 Å². The number of nitrogens with zero attached hydrogens (tertiary/aromatic N) is 1. The monoisotopic (exact) mass is 884 g/mol. The van der Waals surface area contributed by atoms with Gasteiger partial charge in [-0.05, 0) is 124 Å². The summed E-state index contributed by atoms with van der Waals surface area (Å²) in [5.74, 6) is 2.89. The molecule has 4 rings (SSSR count). The summed E-state index contributed by atoms with van der Waals surface area (Å²) in [6, 6.07) is 0. The zero-order chi connectivity index (χ0) is 46.0. The third kappa shape index (κ3) is 16.1. The van der Waals surface area contributed by atoms with Crippen LogP contribution in [0.5, 0.6) is 0 Å². The van der Waals surface area contributed by atoms with Crippen molar-refractivity contribution in [3.8, 4) is 0 Å². The lowest BCUT2D eigenvalue weighted by atomic mass is 9.47. The topological polar surface area (TPSA) is 220 Å². The van der Waals surface area contributed by atoms with Gasteiger partial charge in [0.1, 0.15) is 12.7 Å². The quantitative estimate of drug-likeness (QED) is 0.0202. The van der Waals surface area contributed by atoms with Crippen molar-refractivity contribution in [3.63, 3.8) is 0 Å². The number of nitrogens with two attached hydrogens (primary N) is 2. The van der Waals surface area contributed by atoms with E-state index in [2.05, 4.69) is 61.6 Å². The van der Waals surface area contributed by atoms with Crippen LogP contribution in [-0.2, 0) is 28.6 Å². The molecule has 0 heterocycles. The molecule has 14 nitrogen and oxygen atoms in total. The number of alkyl carbamates (subject to hydrolysis) is 1. The number of guanidine groups is 1. The first kappa shape index (κ1) is 52.1. The Morgan fingerprint density at radius 2 is 1.62 bits per heavy atom. The lowest BCUT2D eigenvalue weighted by Crippen LogP contribution is -2.51. The highest BCUT2D eigenvalue weighted by Crippen LogP contribution is 2.67. The van der Waals surface area contributed by atoms with Gasteiger partial charge in [-0.2, -0.15) is 0 Å². The Morgan fingerprint density at radius 1 is 0.857 bits per heavy atom. The van der Waals surface area contributed by atoms with Gasteiger partial charge < -0.3 is 47.0 Å². The van der Waals surface area contributed by atoms with Crippen LogP contribution in [-0.4, -0.2) is 94.1 Å². The van der Waals surface area contributed by atoms with Gasteiger partial charge >= 0.3 is 6.09 Å². The molecule has 4 aliphatic rings. The van der Waals surface area contributed by atoms with Gasteiger partial charge in [-0.3, -0.25) is 19.4 Å². The van der Waals surface area contributed by atoms with E-state index in [0.717, 1.165) is 67.6 Å². The number of aliphatic imine (C=N–C) groups is 1. The van der Waals surface area contributed by atoms with Crippen molar-refractivity contribution >= 4 is 35.4 Å². The number of amides is 3. The number of allylic oxidation sites excluding steroid dienone is 1. The summed E-state index contributed by atoms with van der Waals surface area (Å²) in [6.07, 6.45) is 17.9. The first-order chi connectivity index (χ1) is 30.0. The standard InChI is InChI=1S/C49H85N7O7/c1-33(2)11-9-12-34(3)41-16-17-42-40-15-14-37-31-39(18-20-48(37,5)43(40)19-21-49(41,42)6)63-47(60)56-25-26-61-27-28-62-32-38(57)29-36(45(59)54-23-10-24-55-46(51)52)30-44(58)53-22-8-7-13-35(4)50/h14,33-34,36,39-43,50H,7-13,15-32H2,1-6H3,(H,53,58)(H,54,59)(H,56,60)(H4,51,52,55). The van der Waals surface area contributed by atoms with E-state index >= 15 is 0 Å². The van der Waals surface area contributed by atoms with Gasteiger partial charge in [0.15, 0.2) is 11.7 Å². The fourth-order valence-electron chi connectivity index (χ4n) is 11.9. The number of carbonyl (C=O) groups is 4. The number of nitrogens with one attached hydrogen (secondary N) is 4. The molecule has 63 heavy (non-hydrogen) atoms. The molecule has 0 saturated heterocycles. The van der Waals surface area contributed by atoms with Crippen LogP contribution in [0.25, 0.3) is 0 Å². The maximum Gasteiger partial charge on any atom is 0.407 e. The minimum absolute atomic E-state index is 0.0310. The molecule has 0 aromatic heterocycles. The molecule has 0 aliphatic heterocycles. The third-order valence-corrected chi connectivity index (χ3v) is 15.2. The molecule has 3 fully saturated rings. The van der Waals surface area contributed by atoms with Crippen molar-refractivity contribution in [2.45, 2.75) is 157 Å². The zero-order valence-corrected chi connectivity index (χ0v) is 39.8. The van der Waals surface area contributed by atoms with Crippen LogP contribution in [0.15, 0.2) is 16.6 Å². The van der Waals surface area contributed by atoms with E-state index < -0.39 is 17.9 Å². The van der Waals surface area contributed by atoms with Crippen LogP contribution in [0.4, 0.5) is 4.79 Å². The number of unbranched alkanes of at least 4 members (excludes halogenated alkanes) is 1. The third-order valence-electron chi connectivity index (χ3n) is 15.2. The predicted molar refractivity (Wildman–Crippen MR) is 249 cm³/mol. The van der Waals surface area contributed by atoms with Crippen LogP contribution in [0.1, 0.15) is 151 Å². The molecule has 14 heteroatoms. The Hall–Kier alpha value is -3.52. The normalized spacial score (nSPS) is 27.2. The van der Waals surface area contributed by atoms with Crippen molar-refractivity contribution in [3.05, 3.63) is 11.6 Å². The van der Waals surface area contributed by atoms with Crippen molar-refractivity contribution < 1.29 is 33.4 Å². The summed E-state index contributed by atoms with van der Waals surface area (Å²) in [6.45, 7) is 15.9. The number of rotatable bonds is 28. The molecule has 358 valence electrons. The van der Waals surface area contributed by atoms with Crippen LogP contribution in [0.3, 0.4) is 0 Å². The maximum absolute atomic E-state index is 13.0. The highest BCUT2D eigenvalue weighted by molar-refractivity contribution is 5.91. The van der Waals surface area contributed by atoms with Crippen molar-refractivity contribution in [1.82, 2.24) is 16.0 Å². The molecule has 3 saturated carbocycles. The Morgan fingerprint density at radius 3 is 2.37 bits per heavy atom. The largest absolute Gasteiger partial charge is 0.446 e. The molecule has 0 spiro atoms. The molecule has 9 atom stereocenters. The molecular weight excluding hydrogens is 799 g/mol. The number of hydrogen-bond donors (Lipinski definition) is 6. The van der Waals surface area contributed by atoms with Crippen LogP contribution in [0.2, 0.25) is 0 Å². The van der Waals surface area contributed by atoms with E-state index in [1.807, 2.05) is 0 Å². The molecule has 9 unspecified atom stereocenters. The van der Waals surface area contributed by atoms with E-state index in [1.165, 1.54) is 56.9 Å².